The number of nitrogens with two attached hydrogens (primary N) is 1. The van der Waals surface area contributed by atoms with Crippen molar-refractivity contribution in [1.29, 1.82) is 0 Å². The fourth-order valence-electron chi connectivity index (χ4n) is 1.32. The molecule has 0 saturated heterocycles. The van der Waals surface area contributed by atoms with Crippen molar-refractivity contribution >= 4 is 17.3 Å². The molecule has 2 rings (SSSR count). The quantitative estimate of drug-likeness (QED) is 0.790. The zero-order valence-corrected chi connectivity index (χ0v) is 10.7. The summed E-state index contributed by atoms with van der Waals surface area (Å²) < 4.78 is 5.21. The predicted octanol–water partition coefficient (Wildman–Crippen LogP) is 3.27. The van der Waals surface area contributed by atoms with Crippen LogP contribution in [0.4, 0.5) is 5.69 Å². The smallest absolute Gasteiger partial charge is 0.258 e. The maximum absolute atomic E-state index is 5.85. The van der Waals surface area contributed by atoms with Crippen molar-refractivity contribution in [3.63, 3.8) is 0 Å². The largest absolute Gasteiger partial charge is 0.398 e. The van der Waals surface area contributed by atoms with E-state index in [1.807, 2.05) is 20.8 Å². The summed E-state index contributed by atoms with van der Waals surface area (Å²) in [6.45, 7) is 6.08. The third kappa shape index (κ3) is 2.42. The van der Waals surface area contributed by atoms with E-state index in [1.54, 1.807) is 18.2 Å². The first kappa shape index (κ1) is 11.9. The number of nitrogens with zero attached hydrogens (tertiary/aromatic N) is 2. The molecule has 0 fully saturated rings. The molecular formula is C12H14ClN3O. The monoisotopic (exact) mass is 251 g/mol. The van der Waals surface area contributed by atoms with Crippen molar-refractivity contribution in [3.8, 4) is 11.5 Å². The molecule has 2 aromatic rings. The molecule has 1 aromatic heterocycles. The lowest BCUT2D eigenvalue weighted by molar-refractivity contribution is 0.402. The Bertz CT molecular complexity index is 543. The van der Waals surface area contributed by atoms with Gasteiger partial charge in [-0.25, -0.2) is 0 Å². The van der Waals surface area contributed by atoms with E-state index in [4.69, 9.17) is 21.9 Å². The molecule has 0 aliphatic carbocycles. The summed E-state index contributed by atoms with van der Waals surface area (Å²) in [6, 6.07) is 5.24. The molecule has 0 bridgehead atoms. The van der Waals surface area contributed by atoms with Crippen LogP contribution < -0.4 is 5.73 Å². The Morgan fingerprint density at radius 1 is 1.29 bits per heavy atom. The lowest BCUT2D eigenvalue weighted by Gasteiger charge is -2.10. The summed E-state index contributed by atoms with van der Waals surface area (Å²) in [5.41, 5.74) is 6.86. The maximum atomic E-state index is 5.85. The molecule has 0 aliphatic rings. The highest BCUT2D eigenvalue weighted by Crippen LogP contribution is 2.27. The first-order valence-corrected chi connectivity index (χ1v) is 5.65. The van der Waals surface area contributed by atoms with E-state index in [9.17, 15) is 0 Å². The first-order valence-electron chi connectivity index (χ1n) is 5.27. The van der Waals surface area contributed by atoms with Crippen LogP contribution in [-0.2, 0) is 5.41 Å². The van der Waals surface area contributed by atoms with Gasteiger partial charge >= 0.3 is 0 Å². The highest BCUT2D eigenvalue weighted by Gasteiger charge is 2.21. The summed E-state index contributed by atoms with van der Waals surface area (Å²) in [5.74, 6) is 1.12. The molecule has 17 heavy (non-hydrogen) atoms. The second-order valence-corrected chi connectivity index (χ2v) is 5.32. The van der Waals surface area contributed by atoms with Crippen molar-refractivity contribution in [2.24, 2.45) is 0 Å². The second kappa shape index (κ2) is 4.04. The third-order valence-electron chi connectivity index (χ3n) is 2.34. The number of nitrogen functional groups attached to an aromatic ring is 1. The van der Waals surface area contributed by atoms with Gasteiger partial charge < -0.3 is 10.3 Å². The zero-order chi connectivity index (χ0) is 12.6. The normalized spacial score (nSPS) is 11.8. The van der Waals surface area contributed by atoms with E-state index in [1.165, 1.54) is 0 Å². The van der Waals surface area contributed by atoms with E-state index in [-0.39, 0.29) is 5.41 Å². The van der Waals surface area contributed by atoms with E-state index in [0.29, 0.717) is 22.4 Å². The van der Waals surface area contributed by atoms with Crippen molar-refractivity contribution in [2.45, 2.75) is 26.2 Å². The Hall–Kier alpha value is -1.55. The number of hydrogen-bond acceptors (Lipinski definition) is 4. The maximum Gasteiger partial charge on any atom is 0.258 e. The van der Waals surface area contributed by atoms with Crippen molar-refractivity contribution in [3.05, 3.63) is 29.0 Å². The van der Waals surface area contributed by atoms with Crippen LogP contribution >= 0.6 is 11.6 Å². The van der Waals surface area contributed by atoms with Gasteiger partial charge in [-0.3, -0.25) is 0 Å². The molecule has 2 N–H and O–H groups in total. The molecule has 0 amide bonds. The summed E-state index contributed by atoms with van der Waals surface area (Å²) in [5, 5.41) is 4.47. The van der Waals surface area contributed by atoms with Crippen LogP contribution in [-0.4, -0.2) is 10.1 Å². The Morgan fingerprint density at radius 2 is 2.00 bits per heavy atom. The lowest BCUT2D eigenvalue weighted by Crippen LogP contribution is -2.13. The number of benzene rings is 1. The number of halogens is 1. The predicted molar refractivity (Wildman–Crippen MR) is 67.9 cm³/mol. The van der Waals surface area contributed by atoms with Crippen LogP contribution in [0.3, 0.4) is 0 Å². The lowest BCUT2D eigenvalue weighted by atomic mass is 9.96. The van der Waals surface area contributed by atoms with E-state index >= 15 is 0 Å². The van der Waals surface area contributed by atoms with Crippen LogP contribution in [0.25, 0.3) is 11.5 Å². The number of rotatable bonds is 1. The van der Waals surface area contributed by atoms with Crippen molar-refractivity contribution in [1.82, 2.24) is 10.1 Å². The molecule has 1 heterocycles. The SMILES string of the molecule is CC(C)(C)c1noc(-c2ccc(Cl)c(N)c2)n1. The summed E-state index contributed by atoms with van der Waals surface area (Å²) >= 11 is 5.85. The van der Waals surface area contributed by atoms with E-state index in [2.05, 4.69) is 10.1 Å². The molecule has 4 nitrogen and oxygen atoms in total. The Balaban J connectivity index is 2.40. The van der Waals surface area contributed by atoms with Gasteiger partial charge in [0.2, 0.25) is 0 Å². The van der Waals surface area contributed by atoms with Gasteiger partial charge in [0, 0.05) is 11.0 Å². The molecule has 0 radical (unpaired) electrons. The van der Waals surface area contributed by atoms with Gasteiger partial charge in [-0.15, -0.1) is 0 Å². The Labute approximate surface area is 105 Å². The molecule has 0 atom stereocenters. The summed E-state index contributed by atoms with van der Waals surface area (Å²) in [4.78, 5) is 4.35. The van der Waals surface area contributed by atoms with E-state index in [0.717, 1.165) is 5.56 Å². The number of aromatic nitrogens is 2. The standard InChI is InChI=1S/C12H14ClN3O/c1-12(2,3)11-15-10(17-16-11)7-4-5-8(13)9(14)6-7/h4-6H,14H2,1-3H3. The Morgan fingerprint density at radius 3 is 2.53 bits per heavy atom. The van der Waals surface area contributed by atoms with Gasteiger partial charge in [-0.2, -0.15) is 4.98 Å². The average Bonchev–Trinajstić information content (AvgIpc) is 2.70. The molecule has 0 spiro atoms. The van der Waals surface area contributed by atoms with Gasteiger partial charge in [-0.1, -0.05) is 37.5 Å². The molecule has 5 heteroatoms. The van der Waals surface area contributed by atoms with Gasteiger partial charge in [0.15, 0.2) is 5.82 Å². The second-order valence-electron chi connectivity index (χ2n) is 4.91. The minimum Gasteiger partial charge on any atom is -0.398 e. The van der Waals surface area contributed by atoms with Crippen LogP contribution in [0, 0.1) is 0 Å². The topological polar surface area (TPSA) is 64.9 Å². The summed E-state index contributed by atoms with van der Waals surface area (Å²) in [7, 11) is 0. The van der Waals surface area contributed by atoms with E-state index < -0.39 is 0 Å². The van der Waals surface area contributed by atoms with Gasteiger partial charge in [0.05, 0.1) is 10.7 Å². The fourth-order valence-corrected chi connectivity index (χ4v) is 1.44. The van der Waals surface area contributed by atoms with Crippen LogP contribution in [0.2, 0.25) is 5.02 Å². The van der Waals surface area contributed by atoms with Crippen LogP contribution in [0.5, 0.6) is 0 Å². The third-order valence-corrected chi connectivity index (χ3v) is 2.68. The molecule has 90 valence electrons. The summed E-state index contributed by atoms with van der Waals surface area (Å²) in [6.07, 6.45) is 0. The van der Waals surface area contributed by atoms with Crippen LogP contribution in [0.1, 0.15) is 26.6 Å². The highest BCUT2D eigenvalue weighted by atomic mass is 35.5. The fraction of sp³-hybridized carbons (Fsp3) is 0.333. The van der Waals surface area contributed by atoms with Crippen LogP contribution in [0.15, 0.2) is 22.7 Å². The molecule has 0 unspecified atom stereocenters. The average molecular weight is 252 g/mol. The molecule has 0 saturated carbocycles. The Kier molecular flexibility index (Phi) is 2.83. The van der Waals surface area contributed by atoms with Gasteiger partial charge in [0.25, 0.3) is 5.89 Å². The van der Waals surface area contributed by atoms with Gasteiger partial charge in [0.1, 0.15) is 0 Å². The first-order chi connectivity index (χ1) is 7.88. The molecular weight excluding hydrogens is 238 g/mol. The minimum atomic E-state index is -0.139. The number of anilines is 1. The molecule has 0 aliphatic heterocycles. The molecule has 1 aromatic carbocycles. The van der Waals surface area contributed by atoms with Crippen molar-refractivity contribution in [2.75, 3.05) is 5.73 Å². The number of hydrogen-bond donors (Lipinski definition) is 1. The van der Waals surface area contributed by atoms with Crippen molar-refractivity contribution < 1.29 is 4.52 Å². The zero-order valence-electron chi connectivity index (χ0n) is 9.99. The highest BCUT2D eigenvalue weighted by molar-refractivity contribution is 6.33. The van der Waals surface area contributed by atoms with Gasteiger partial charge in [-0.05, 0) is 18.2 Å². The minimum absolute atomic E-state index is 0.139.